The number of nitrogens with zero attached hydrogens (tertiary/aromatic N) is 2. The summed E-state index contributed by atoms with van der Waals surface area (Å²) in [5.41, 5.74) is 11.3. The average molecular weight is 206 g/mol. The van der Waals surface area contributed by atoms with E-state index in [2.05, 4.69) is 29.9 Å². The summed E-state index contributed by atoms with van der Waals surface area (Å²) in [5.74, 6) is -0.739. The van der Waals surface area contributed by atoms with Crippen LogP contribution >= 0.6 is 0 Å². The molecule has 0 heterocycles. The lowest BCUT2D eigenvalue weighted by molar-refractivity contribution is -0.114. The van der Waals surface area contributed by atoms with Gasteiger partial charge in [-0.3, -0.25) is 14.8 Å². The summed E-state index contributed by atoms with van der Waals surface area (Å²) in [7, 11) is 1.44. The number of hydrogen-bond donors (Lipinski definition) is 2. The summed E-state index contributed by atoms with van der Waals surface area (Å²) in [4.78, 5) is 18.5. The Labute approximate surface area is 88.6 Å². The number of primary amides is 1. The third-order valence-electron chi connectivity index (χ3n) is 1.69. The van der Waals surface area contributed by atoms with Gasteiger partial charge in [-0.05, 0) is 12.3 Å². The van der Waals surface area contributed by atoms with Gasteiger partial charge in [0.1, 0.15) is 11.4 Å². The molecule has 5 nitrogen and oxygen atoms in total. The highest BCUT2D eigenvalue weighted by Gasteiger charge is 2.16. The molecule has 0 fully saturated rings. The zero-order chi connectivity index (χ0) is 12.0. The van der Waals surface area contributed by atoms with Gasteiger partial charge in [-0.15, -0.1) is 0 Å². The molecule has 0 unspecified atom stereocenters. The van der Waals surface area contributed by atoms with Crippen LogP contribution in [0.5, 0.6) is 0 Å². The SMILES string of the molecule is C=CC(=C)/C(N=C)=C(/C(N)=O)C(N)=NC. The quantitative estimate of drug-likeness (QED) is 0.290. The van der Waals surface area contributed by atoms with Crippen molar-refractivity contribution in [2.24, 2.45) is 21.5 Å². The van der Waals surface area contributed by atoms with Gasteiger partial charge in [-0.25, -0.2) is 0 Å². The third kappa shape index (κ3) is 2.91. The Bertz CT molecular complexity index is 377. The van der Waals surface area contributed by atoms with Crippen molar-refractivity contribution < 1.29 is 4.79 Å². The van der Waals surface area contributed by atoms with E-state index < -0.39 is 5.91 Å². The van der Waals surface area contributed by atoms with Crippen LogP contribution in [0.25, 0.3) is 0 Å². The Morgan fingerprint density at radius 3 is 2.20 bits per heavy atom. The van der Waals surface area contributed by atoms with E-state index in [4.69, 9.17) is 11.5 Å². The van der Waals surface area contributed by atoms with E-state index >= 15 is 0 Å². The van der Waals surface area contributed by atoms with E-state index in [0.29, 0.717) is 5.57 Å². The van der Waals surface area contributed by atoms with Gasteiger partial charge in [-0.1, -0.05) is 19.2 Å². The molecule has 0 aliphatic rings. The van der Waals surface area contributed by atoms with Gasteiger partial charge in [0.05, 0.1) is 5.70 Å². The summed E-state index contributed by atoms with van der Waals surface area (Å²) in [6.07, 6.45) is 1.43. The molecule has 0 aromatic rings. The van der Waals surface area contributed by atoms with Crippen LogP contribution in [0, 0.1) is 0 Å². The first-order valence-electron chi connectivity index (χ1n) is 4.04. The Balaban J connectivity index is 5.80. The van der Waals surface area contributed by atoms with Crippen molar-refractivity contribution in [2.75, 3.05) is 7.05 Å². The monoisotopic (exact) mass is 206 g/mol. The van der Waals surface area contributed by atoms with Crippen LogP contribution in [0.2, 0.25) is 0 Å². The van der Waals surface area contributed by atoms with Crippen molar-refractivity contribution in [2.45, 2.75) is 0 Å². The smallest absolute Gasteiger partial charge is 0.254 e. The Morgan fingerprint density at radius 2 is 1.93 bits per heavy atom. The number of nitrogens with two attached hydrogens (primary N) is 2. The van der Waals surface area contributed by atoms with Crippen molar-refractivity contribution >= 4 is 18.5 Å². The van der Waals surface area contributed by atoms with Crippen LogP contribution < -0.4 is 11.5 Å². The van der Waals surface area contributed by atoms with Crippen LogP contribution in [0.15, 0.2) is 46.1 Å². The molecule has 0 rings (SSSR count). The third-order valence-corrected chi connectivity index (χ3v) is 1.69. The minimum atomic E-state index is -0.733. The van der Waals surface area contributed by atoms with Crippen molar-refractivity contribution in [3.63, 3.8) is 0 Å². The molecule has 15 heavy (non-hydrogen) atoms. The predicted molar refractivity (Wildman–Crippen MR) is 62.7 cm³/mol. The molecule has 0 aliphatic heterocycles. The molecule has 5 heteroatoms. The molecule has 1 amide bonds. The zero-order valence-corrected chi connectivity index (χ0v) is 8.66. The fourth-order valence-electron chi connectivity index (χ4n) is 0.914. The van der Waals surface area contributed by atoms with Crippen molar-refractivity contribution in [1.82, 2.24) is 0 Å². The number of carbonyl (C=O) groups is 1. The number of aliphatic imine (C=N–C) groups is 2. The highest BCUT2D eigenvalue weighted by Crippen LogP contribution is 2.15. The van der Waals surface area contributed by atoms with Crippen LogP contribution in [0.4, 0.5) is 0 Å². The molecular formula is C10H14N4O. The second-order valence-electron chi connectivity index (χ2n) is 2.58. The van der Waals surface area contributed by atoms with Gasteiger partial charge in [0, 0.05) is 7.05 Å². The number of amides is 1. The molecule has 0 radical (unpaired) electrons. The van der Waals surface area contributed by atoms with E-state index in [9.17, 15) is 4.79 Å². The standard InChI is InChI=1S/C10H14N4O/c1-5-6(2)8(13-3)7(10(12)15)9(11)14-4/h5H,1-3H2,4H3,(H2,11,14)(H2,12,15)/b8-7-. The van der Waals surface area contributed by atoms with Gasteiger partial charge < -0.3 is 11.5 Å². The van der Waals surface area contributed by atoms with E-state index in [1.165, 1.54) is 13.1 Å². The predicted octanol–water partition coefficient (Wildman–Crippen LogP) is 0.156. The lowest BCUT2D eigenvalue weighted by atomic mass is 10.1. The normalized spacial score (nSPS) is 12.7. The summed E-state index contributed by atoms with van der Waals surface area (Å²) in [5, 5.41) is 0. The molecule has 4 N–H and O–H groups in total. The van der Waals surface area contributed by atoms with Crippen molar-refractivity contribution in [3.05, 3.63) is 36.1 Å². The fourth-order valence-corrected chi connectivity index (χ4v) is 0.914. The van der Waals surface area contributed by atoms with Crippen LogP contribution in [-0.4, -0.2) is 25.5 Å². The average Bonchev–Trinajstić information content (AvgIpc) is 2.22. The van der Waals surface area contributed by atoms with E-state index in [-0.39, 0.29) is 17.1 Å². The Hall–Kier alpha value is -2.17. The van der Waals surface area contributed by atoms with Gasteiger partial charge in [-0.2, -0.15) is 0 Å². The molecule has 0 spiro atoms. The molecule has 80 valence electrons. The van der Waals surface area contributed by atoms with Crippen molar-refractivity contribution in [3.8, 4) is 0 Å². The molecule has 0 atom stereocenters. The largest absolute Gasteiger partial charge is 0.383 e. The van der Waals surface area contributed by atoms with E-state index in [0.717, 1.165) is 0 Å². The maximum absolute atomic E-state index is 11.2. The van der Waals surface area contributed by atoms with Gasteiger partial charge >= 0.3 is 0 Å². The molecule has 0 aliphatic carbocycles. The summed E-state index contributed by atoms with van der Waals surface area (Å²) in [6.45, 7) is 10.5. The highest BCUT2D eigenvalue weighted by molar-refractivity contribution is 6.20. The number of hydrogen-bond acceptors (Lipinski definition) is 3. The topological polar surface area (TPSA) is 93.8 Å². The first-order chi connectivity index (χ1) is 6.99. The van der Waals surface area contributed by atoms with E-state index in [1.807, 2.05) is 0 Å². The maximum Gasteiger partial charge on any atom is 0.254 e. The molecule has 0 aromatic carbocycles. The number of allylic oxidation sites excluding steroid dienone is 1. The van der Waals surface area contributed by atoms with E-state index in [1.54, 1.807) is 0 Å². The summed E-state index contributed by atoms with van der Waals surface area (Å²) < 4.78 is 0. The van der Waals surface area contributed by atoms with Gasteiger partial charge in [0.25, 0.3) is 5.91 Å². The lowest BCUT2D eigenvalue weighted by Crippen LogP contribution is -2.28. The van der Waals surface area contributed by atoms with Crippen LogP contribution in [0.1, 0.15) is 0 Å². The first kappa shape index (κ1) is 12.8. The summed E-state index contributed by atoms with van der Waals surface area (Å²) >= 11 is 0. The number of carbonyl (C=O) groups excluding carboxylic acids is 1. The second-order valence-corrected chi connectivity index (χ2v) is 2.58. The fraction of sp³-hybridized carbons (Fsp3) is 0.100. The van der Waals surface area contributed by atoms with Crippen molar-refractivity contribution in [1.29, 1.82) is 0 Å². The minimum Gasteiger partial charge on any atom is -0.383 e. The lowest BCUT2D eigenvalue weighted by Gasteiger charge is -2.07. The molecule has 0 aromatic heterocycles. The Morgan fingerprint density at radius 1 is 1.40 bits per heavy atom. The molecule has 0 bridgehead atoms. The summed E-state index contributed by atoms with van der Waals surface area (Å²) in [6, 6.07) is 0. The highest BCUT2D eigenvalue weighted by atomic mass is 16.1. The maximum atomic E-state index is 11.2. The zero-order valence-electron chi connectivity index (χ0n) is 8.66. The minimum absolute atomic E-state index is 0.00241. The number of amidine groups is 1. The Kier molecular flexibility index (Phi) is 4.74. The molecule has 0 saturated carbocycles. The second kappa shape index (κ2) is 5.54. The van der Waals surface area contributed by atoms with Gasteiger partial charge in [0.2, 0.25) is 0 Å². The van der Waals surface area contributed by atoms with Crippen LogP contribution in [-0.2, 0) is 4.79 Å². The number of rotatable bonds is 5. The van der Waals surface area contributed by atoms with Crippen LogP contribution in [0.3, 0.4) is 0 Å². The molecule has 0 saturated heterocycles. The van der Waals surface area contributed by atoms with Gasteiger partial charge in [0.15, 0.2) is 0 Å². The molecular weight excluding hydrogens is 192 g/mol. The first-order valence-corrected chi connectivity index (χ1v) is 4.04.